The maximum absolute atomic E-state index is 13.6. The van der Waals surface area contributed by atoms with Gasteiger partial charge in [-0.25, -0.2) is 4.98 Å². The number of aromatic nitrogens is 2. The van der Waals surface area contributed by atoms with Crippen molar-refractivity contribution in [2.75, 3.05) is 37.3 Å². The molecule has 12 heteroatoms. The number of hydrogen-bond donors (Lipinski definition) is 3. The molecule has 0 atom stereocenters. The van der Waals surface area contributed by atoms with Gasteiger partial charge in [-0.3, -0.25) is 4.79 Å². The summed E-state index contributed by atoms with van der Waals surface area (Å²) in [6, 6.07) is 9.29. The molecule has 184 valence electrons. The van der Waals surface area contributed by atoms with Crippen molar-refractivity contribution in [1.29, 1.82) is 0 Å². The highest BCUT2D eigenvalue weighted by Gasteiger charge is 2.35. The molecule has 2 aromatic carbocycles. The van der Waals surface area contributed by atoms with E-state index in [1.165, 1.54) is 33.5 Å². The summed E-state index contributed by atoms with van der Waals surface area (Å²) in [6.07, 6.45) is -2.99. The van der Waals surface area contributed by atoms with Gasteiger partial charge in [0.1, 0.15) is 11.4 Å². The number of benzene rings is 2. The van der Waals surface area contributed by atoms with Gasteiger partial charge in [0.2, 0.25) is 17.6 Å². The van der Waals surface area contributed by atoms with Gasteiger partial charge in [0, 0.05) is 17.6 Å². The molecule has 0 unspecified atom stereocenters. The number of ether oxygens (including phenoxy) is 3. The normalized spacial score (nSPS) is 10.8. The van der Waals surface area contributed by atoms with Gasteiger partial charge in [0.15, 0.2) is 11.5 Å². The first-order valence-corrected chi connectivity index (χ1v) is 10.0. The Morgan fingerprint density at radius 2 is 1.71 bits per heavy atom. The van der Waals surface area contributed by atoms with Gasteiger partial charge in [-0.1, -0.05) is 12.6 Å². The van der Waals surface area contributed by atoms with E-state index in [1.807, 2.05) is 0 Å². The maximum Gasteiger partial charge on any atom is 0.421 e. The van der Waals surface area contributed by atoms with Crippen molar-refractivity contribution in [2.24, 2.45) is 0 Å². The summed E-state index contributed by atoms with van der Waals surface area (Å²) in [7, 11) is 4.28. The molecule has 0 spiro atoms. The number of carbonyl (C=O) groups is 1. The first-order valence-electron chi connectivity index (χ1n) is 10.0. The maximum atomic E-state index is 13.6. The van der Waals surface area contributed by atoms with Gasteiger partial charge >= 0.3 is 6.18 Å². The highest BCUT2D eigenvalue weighted by molar-refractivity contribution is 5.99. The van der Waals surface area contributed by atoms with E-state index in [0.717, 1.165) is 6.08 Å². The fourth-order valence-corrected chi connectivity index (χ4v) is 3.07. The van der Waals surface area contributed by atoms with E-state index in [2.05, 4.69) is 32.5 Å². The molecule has 0 saturated heterocycles. The van der Waals surface area contributed by atoms with Gasteiger partial charge in [0.25, 0.3) is 0 Å². The lowest BCUT2D eigenvalue weighted by Gasteiger charge is -2.18. The molecule has 1 heterocycles. The van der Waals surface area contributed by atoms with E-state index in [4.69, 9.17) is 14.2 Å². The molecular weight excluding hydrogens is 467 g/mol. The van der Waals surface area contributed by atoms with Crippen LogP contribution in [0.1, 0.15) is 5.56 Å². The second-order valence-corrected chi connectivity index (χ2v) is 6.86. The van der Waals surface area contributed by atoms with Gasteiger partial charge in [-0.05, 0) is 36.4 Å². The average molecular weight is 489 g/mol. The topological polar surface area (TPSA) is 107 Å². The van der Waals surface area contributed by atoms with Crippen LogP contribution in [0.25, 0.3) is 0 Å². The zero-order valence-corrected chi connectivity index (χ0v) is 19.0. The molecule has 1 aromatic heterocycles. The Kier molecular flexibility index (Phi) is 7.64. The smallest absolute Gasteiger partial charge is 0.421 e. The SMILES string of the molecule is C=CC(=O)Nc1cccc(Nc2nc(Nc3ccc(OC)c(OC)c3OC)ncc2C(F)(F)F)c1. The third-order valence-corrected chi connectivity index (χ3v) is 4.62. The standard InChI is InChI=1S/C23H22F3N5O4/c1-5-18(32)28-13-7-6-8-14(11-13)29-21-15(23(24,25)26)12-27-22(31-21)30-16-9-10-17(33-2)20(35-4)19(16)34-3/h5-12H,1H2,2-4H3,(H,28,32)(H2,27,29,30,31). The van der Waals surface area contributed by atoms with Crippen molar-refractivity contribution in [3.63, 3.8) is 0 Å². The van der Waals surface area contributed by atoms with Crippen LogP contribution in [-0.2, 0) is 11.0 Å². The van der Waals surface area contributed by atoms with Gasteiger partial charge < -0.3 is 30.2 Å². The Morgan fingerprint density at radius 1 is 1.00 bits per heavy atom. The van der Waals surface area contributed by atoms with Crippen molar-refractivity contribution in [3.05, 3.63) is 60.8 Å². The number of carbonyl (C=O) groups excluding carboxylic acids is 1. The second-order valence-electron chi connectivity index (χ2n) is 6.86. The molecule has 0 aliphatic carbocycles. The summed E-state index contributed by atoms with van der Waals surface area (Å²) < 4.78 is 56.9. The summed E-state index contributed by atoms with van der Waals surface area (Å²) in [5, 5.41) is 8.02. The molecule has 3 rings (SSSR count). The minimum Gasteiger partial charge on any atom is -0.493 e. The minimum atomic E-state index is -4.73. The number of nitrogens with one attached hydrogen (secondary N) is 3. The molecule has 0 saturated carbocycles. The molecule has 3 aromatic rings. The van der Waals surface area contributed by atoms with Crippen LogP contribution in [-0.4, -0.2) is 37.2 Å². The molecule has 9 nitrogen and oxygen atoms in total. The fraction of sp³-hybridized carbons (Fsp3) is 0.174. The van der Waals surface area contributed by atoms with Crippen molar-refractivity contribution in [2.45, 2.75) is 6.18 Å². The fourth-order valence-electron chi connectivity index (χ4n) is 3.07. The van der Waals surface area contributed by atoms with Crippen LogP contribution in [0.5, 0.6) is 17.2 Å². The van der Waals surface area contributed by atoms with Gasteiger partial charge in [-0.2, -0.15) is 18.2 Å². The highest BCUT2D eigenvalue weighted by atomic mass is 19.4. The number of hydrogen-bond acceptors (Lipinski definition) is 8. The Morgan fingerprint density at radius 3 is 2.34 bits per heavy atom. The molecule has 0 bridgehead atoms. The van der Waals surface area contributed by atoms with E-state index < -0.39 is 23.5 Å². The Bertz CT molecular complexity index is 1230. The summed E-state index contributed by atoms with van der Waals surface area (Å²) in [5.41, 5.74) is -0.130. The number of anilines is 5. The van der Waals surface area contributed by atoms with E-state index in [9.17, 15) is 18.0 Å². The number of halogens is 3. The predicted molar refractivity (Wildman–Crippen MR) is 125 cm³/mol. The summed E-state index contributed by atoms with van der Waals surface area (Å²) in [6.45, 7) is 3.36. The van der Waals surface area contributed by atoms with Crippen LogP contribution in [0.4, 0.5) is 42.0 Å². The van der Waals surface area contributed by atoms with Crippen LogP contribution >= 0.6 is 0 Å². The minimum absolute atomic E-state index is 0.137. The largest absolute Gasteiger partial charge is 0.493 e. The monoisotopic (exact) mass is 489 g/mol. The summed E-state index contributed by atoms with van der Waals surface area (Å²) >= 11 is 0. The number of rotatable bonds is 9. The molecular formula is C23H22F3N5O4. The predicted octanol–water partition coefficient (Wildman–Crippen LogP) is 5.13. The van der Waals surface area contributed by atoms with Gasteiger partial charge in [0.05, 0.1) is 27.0 Å². The Labute approximate surface area is 198 Å². The first kappa shape index (κ1) is 25.1. The van der Waals surface area contributed by atoms with E-state index >= 15 is 0 Å². The molecule has 0 fully saturated rings. The van der Waals surface area contributed by atoms with Crippen LogP contribution in [0.3, 0.4) is 0 Å². The van der Waals surface area contributed by atoms with Crippen molar-refractivity contribution in [3.8, 4) is 17.2 Å². The van der Waals surface area contributed by atoms with Crippen molar-refractivity contribution < 1.29 is 32.2 Å². The third kappa shape index (κ3) is 5.91. The molecule has 0 aliphatic heterocycles. The highest BCUT2D eigenvalue weighted by Crippen LogP contribution is 2.43. The van der Waals surface area contributed by atoms with Crippen molar-refractivity contribution in [1.82, 2.24) is 9.97 Å². The second kappa shape index (κ2) is 10.6. The summed E-state index contributed by atoms with van der Waals surface area (Å²) in [4.78, 5) is 19.4. The molecule has 3 N–H and O–H groups in total. The zero-order valence-electron chi connectivity index (χ0n) is 19.0. The van der Waals surface area contributed by atoms with Crippen LogP contribution in [0.2, 0.25) is 0 Å². The molecule has 0 aliphatic rings. The third-order valence-electron chi connectivity index (χ3n) is 4.62. The van der Waals surface area contributed by atoms with E-state index in [0.29, 0.717) is 23.3 Å². The zero-order chi connectivity index (χ0) is 25.6. The first-order chi connectivity index (χ1) is 16.7. The quantitative estimate of drug-likeness (QED) is 0.355. The summed E-state index contributed by atoms with van der Waals surface area (Å²) in [5.74, 6) is -0.174. The Balaban J connectivity index is 1.99. The van der Waals surface area contributed by atoms with E-state index in [1.54, 1.807) is 24.3 Å². The van der Waals surface area contributed by atoms with Crippen LogP contribution in [0.15, 0.2) is 55.3 Å². The molecule has 1 amide bonds. The van der Waals surface area contributed by atoms with Crippen molar-refractivity contribution >= 4 is 34.7 Å². The number of amides is 1. The van der Waals surface area contributed by atoms with E-state index in [-0.39, 0.29) is 23.1 Å². The molecule has 0 radical (unpaired) electrons. The van der Waals surface area contributed by atoms with Crippen LogP contribution in [0, 0.1) is 0 Å². The molecule has 35 heavy (non-hydrogen) atoms. The lowest BCUT2D eigenvalue weighted by molar-refractivity contribution is -0.137. The Hall–Kier alpha value is -4.48. The number of nitrogens with zero attached hydrogens (tertiary/aromatic N) is 2. The van der Waals surface area contributed by atoms with Gasteiger partial charge in [-0.15, -0.1) is 0 Å². The number of alkyl halides is 3. The lowest BCUT2D eigenvalue weighted by atomic mass is 10.2. The number of methoxy groups -OCH3 is 3. The van der Waals surface area contributed by atoms with Crippen LogP contribution < -0.4 is 30.2 Å². The lowest BCUT2D eigenvalue weighted by Crippen LogP contribution is -2.13. The average Bonchev–Trinajstić information content (AvgIpc) is 2.83.